The molecule has 0 aliphatic rings. The number of furan rings is 1. The van der Waals surface area contributed by atoms with E-state index < -0.39 is 10.0 Å². The third kappa shape index (κ3) is 4.04. The third-order valence-corrected chi connectivity index (χ3v) is 7.32. The van der Waals surface area contributed by atoms with Gasteiger partial charge in [-0.3, -0.25) is 0 Å². The second-order valence-electron chi connectivity index (χ2n) is 5.18. The zero-order chi connectivity index (χ0) is 18.0. The zero-order valence-corrected chi connectivity index (χ0v) is 16.7. The molecule has 1 aromatic carbocycles. The van der Waals surface area contributed by atoms with Gasteiger partial charge in [0.1, 0.15) is 5.76 Å². The van der Waals surface area contributed by atoms with Crippen LogP contribution in [0.2, 0.25) is 0 Å². The largest absolute Gasteiger partial charge is 0.447 e. The quantitative estimate of drug-likeness (QED) is 0.452. The topological polar surface area (TPSA) is 68.3 Å². The Labute approximate surface area is 159 Å². The van der Waals surface area contributed by atoms with Crippen LogP contribution in [0.15, 0.2) is 56.3 Å². The van der Waals surface area contributed by atoms with E-state index in [9.17, 15) is 8.42 Å². The zero-order valence-electron chi connectivity index (χ0n) is 13.4. The molecule has 0 saturated carbocycles. The summed E-state index contributed by atoms with van der Waals surface area (Å²) in [6.07, 6.45) is 0. The molecule has 0 amide bonds. The molecule has 0 unspecified atom stereocenters. The average Bonchev–Trinajstić information content (AvgIpc) is 3.20. The first-order chi connectivity index (χ1) is 11.9. The highest BCUT2D eigenvalue weighted by atomic mass is 32.2. The second-order valence-corrected chi connectivity index (χ2v) is 10.1. The Morgan fingerprint density at radius 2 is 1.96 bits per heavy atom. The first kappa shape index (κ1) is 18.3. The van der Waals surface area contributed by atoms with Gasteiger partial charge in [-0.1, -0.05) is 41.3 Å². The SMILES string of the molecule is CN(C)S(=O)(=O)c1ccc(CSc2nn(-c3ccccc3)c(=S)s2)o1. The Kier molecular flexibility index (Phi) is 5.44. The molecular weight excluding hydrogens is 398 g/mol. The van der Waals surface area contributed by atoms with Gasteiger partial charge in [0.2, 0.25) is 5.09 Å². The lowest BCUT2D eigenvalue weighted by Gasteiger charge is -2.07. The van der Waals surface area contributed by atoms with Gasteiger partial charge in [-0.2, -0.15) is 0 Å². The maximum atomic E-state index is 12.0. The van der Waals surface area contributed by atoms with Gasteiger partial charge in [-0.15, -0.1) is 5.10 Å². The van der Waals surface area contributed by atoms with Crippen LogP contribution >= 0.6 is 35.3 Å². The number of hydrogen-bond acceptors (Lipinski definition) is 7. The van der Waals surface area contributed by atoms with Crippen molar-refractivity contribution in [2.45, 2.75) is 15.2 Å². The number of para-hydroxylation sites is 1. The second kappa shape index (κ2) is 7.42. The monoisotopic (exact) mass is 413 g/mol. The first-order valence-corrected chi connectivity index (χ1v) is 10.8. The number of hydrogen-bond donors (Lipinski definition) is 0. The van der Waals surface area contributed by atoms with Crippen molar-refractivity contribution in [3.8, 4) is 5.69 Å². The molecule has 2 aromatic heterocycles. The molecule has 3 rings (SSSR count). The van der Waals surface area contributed by atoms with Crippen LogP contribution in [0.5, 0.6) is 0 Å². The molecule has 0 bridgehead atoms. The maximum absolute atomic E-state index is 12.0. The predicted octanol–water partition coefficient (Wildman–Crippen LogP) is 3.80. The van der Waals surface area contributed by atoms with E-state index in [1.165, 1.54) is 43.3 Å². The van der Waals surface area contributed by atoms with Crippen molar-refractivity contribution < 1.29 is 12.8 Å². The summed E-state index contributed by atoms with van der Waals surface area (Å²) in [5.41, 5.74) is 0.910. The summed E-state index contributed by atoms with van der Waals surface area (Å²) in [5, 5.41) is 4.45. The summed E-state index contributed by atoms with van der Waals surface area (Å²) in [6.45, 7) is 0. The summed E-state index contributed by atoms with van der Waals surface area (Å²) in [4.78, 5) is 0. The molecule has 0 aliphatic heterocycles. The van der Waals surface area contributed by atoms with E-state index in [0.29, 0.717) is 15.5 Å². The maximum Gasteiger partial charge on any atom is 0.275 e. The van der Waals surface area contributed by atoms with E-state index in [0.717, 1.165) is 14.3 Å². The predicted molar refractivity (Wildman–Crippen MR) is 101 cm³/mol. The Bertz CT molecular complexity index is 1020. The Hall–Kier alpha value is -1.46. The number of nitrogens with zero attached hydrogens (tertiary/aromatic N) is 3. The summed E-state index contributed by atoms with van der Waals surface area (Å²) in [5.74, 6) is 1.04. The highest BCUT2D eigenvalue weighted by molar-refractivity contribution is 8.00. The molecule has 10 heteroatoms. The molecule has 25 heavy (non-hydrogen) atoms. The Morgan fingerprint density at radius 1 is 1.24 bits per heavy atom. The van der Waals surface area contributed by atoms with Gasteiger partial charge in [0.25, 0.3) is 10.0 Å². The van der Waals surface area contributed by atoms with Gasteiger partial charge in [-0.05, 0) is 36.5 Å². The van der Waals surface area contributed by atoms with Crippen molar-refractivity contribution in [1.82, 2.24) is 14.1 Å². The molecule has 0 fully saturated rings. The molecule has 0 radical (unpaired) electrons. The van der Waals surface area contributed by atoms with Crippen LogP contribution in [-0.4, -0.2) is 36.6 Å². The van der Waals surface area contributed by atoms with Crippen molar-refractivity contribution in [3.63, 3.8) is 0 Å². The van der Waals surface area contributed by atoms with Crippen molar-refractivity contribution in [3.05, 3.63) is 52.2 Å². The molecule has 0 N–H and O–H groups in total. The number of benzene rings is 1. The van der Waals surface area contributed by atoms with E-state index in [-0.39, 0.29) is 5.09 Å². The first-order valence-electron chi connectivity index (χ1n) is 7.17. The number of thioether (sulfide) groups is 1. The molecule has 0 saturated heterocycles. The van der Waals surface area contributed by atoms with E-state index in [4.69, 9.17) is 16.6 Å². The van der Waals surface area contributed by atoms with E-state index in [1.54, 1.807) is 10.7 Å². The van der Waals surface area contributed by atoms with Gasteiger partial charge in [0, 0.05) is 14.1 Å². The van der Waals surface area contributed by atoms with Crippen LogP contribution in [0.4, 0.5) is 0 Å². The smallest absolute Gasteiger partial charge is 0.275 e. The van der Waals surface area contributed by atoms with Crippen LogP contribution in [-0.2, 0) is 15.8 Å². The van der Waals surface area contributed by atoms with Crippen LogP contribution in [0.3, 0.4) is 0 Å². The fourth-order valence-corrected chi connectivity index (χ4v) is 5.01. The van der Waals surface area contributed by atoms with Gasteiger partial charge < -0.3 is 4.42 Å². The molecule has 0 atom stereocenters. The van der Waals surface area contributed by atoms with E-state index >= 15 is 0 Å². The van der Waals surface area contributed by atoms with Crippen molar-refractivity contribution in [2.75, 3.05) is 14.1 Å². The molecule has 132 valence electrons. The average molecular weight is 414 g/mol. The molecule has 3 aromatic rings. The molecule has 0 spiro atoms. The molecule has 6 nitrogen and oxygen atoms in total. The minimum atomic E-state index is -3.55. The minimum absolute atomic E-state index is 0.0597. The van der Waals surface area contributed by atoms with Crippen molar-refractivity contribution >= 4 is 45.3 Å². The minimum Gasteiger partial charge on any atom is -0.447 e. The lowest BCUT2D eigenvalue weighted by atomic mass is 10.3. The normalized spacial score (nSPS) is 12.0. The van der Waals surface area contributed by atoms with Gasteiger partial charge in [-0.25, -0.2) is 17.4 Å². The van der Waals surface area contributed by atoms with E-state index in [1.807, 2.05) is 30.3 Å². The van der Waals surface area contributed by atoms with Crippen LogP contribution in [0, 0.1) is 3.95 Å². The highest BCUT2D eigenvalue weighted by Gasteiger charge is 2.21. The highest BCUT2D eigenvalue weighted by Crippen LogP contribution is 2.28. The van der Waals surface area contributed by atoms with Crippen LogP contribution in [0.1, 0.15) is 5.76 Å². The Balaban J connectivity index is 1.73. The van der Waals surface area contributed by atoms with Crippen LogP contribution in [0.25, 0.3) is 5.69 Å². The molecular formula is C15H15N3O3S4. The van der Waals surface area contributed by atoms with Crippen molar-refractivity contribution in [2.24, 2.45) is 0 Å². The van der Waals surface area contributed by atoms with E-state index in [2.05, 4.69) is 5.10 Å². The summed E-state index contributed by atoms with van der Waals surface area (Å²) >= 11 is 8.23. The standard InChI is InChI=1S/C15H15N3O3S4/c1-17(2)25(19,20)13-9-8-12(21-13)10-23-14-16-18(15(22)24-14)11-6-4-3-5-7-11/h3-9H,10H2,1-2H3. The van der Waals surface area contributed by atoms with Gasteiger partial charge in [0.05, 0.1) is 11.4 Å². The number of rotatable bonds is 6. The fraction of sp³-hybridized carbons (Fsp3) is 0.200. The fourth-order valence-electron chi connectivity index (χ4n) is 1.94. The number of aromatic nitrogens is 2. The third-order valence-electron chi connectivity index (χ3n) is 3.24. The summed E-state index contributed by atoms with van der Waals surface area (Å²) < 4.78 is 33.8. The lowest BCUT2D eigenvalue weighted by Crippen LogP contribution is -2.21. The number of sulfonamides is 1. The summed E-state index contributed by atoms with van der Waals surface area (Å²) in [7, 11) is -0.619. The van der Waals surface area contributed by atoms with Gasteiger partial charge >= 0.3 is 0 Å². The van der Waals surface area contributed by atoms with Crippen LogP contribution < -0.4 is 0 Å². The molecule has 0 aliphatic carbocycles. The molecule has 2 heterocycles. The Morgan fingerprint density at radius 3 is 2.64 bits per heavy atom. The summed E-state index contributed by atoms with van der Waals surface area (Å²) in [6, 6.07) is 12.8. The van der Waals surface area contributed by atoms with Gasteiger partial charge in [0.15, 0.2) is 8.29 Å². The van der Waals surface area contributed by atoms with Crippen molar-refractivity contribution in [1.29, 1.82) is 0 Å². The lowest BCUT2D eigenvalue weighted by molar-refractivity contribution is 0.408.